The highest BCUT2D eigenvalue weighted by Gasteiger charge is 2.12. The van der Waals surface area contributed by atoms with Crippen molar-refractivity contribution in [3.05, 3.63) is 66.8 Å². The van der Waals surface area contributed by atoms with Crippen molar-refractivity contribution in [3.63, 3.8) is 0 Å². The first kappa shape index (κ1) is 13.5. The van der Waals surface area contributed by atoms with E-state index in [1.165, 1.54) is 0 Å². The summed E-state index contributed by atoms with van der Waals surface area (Å²) in [7, 11) is 0. The molecule has 0 spiro atoms. The van der Waals surface area contributed by atoms with Gasteiger partial charge >= 0.3 is 0 Å². The summed E-state index contributed by atoms with van der Waals surface area (Å²) in [6.45, 7) is -0.129. The first-order chi connectivity index (χ1) is 11.3. The van der Waals surface area contributed by atoms with Crippen LogP contribution in [0.3, 0.4) is 0 Å². The third kappa shape index (κ3) is 2.45. The lowest BCUT2D eigenvalue weighted by molar-refractivity contribution is 0.248. The summed E-state index contributed by atoms with van der Waals surface area (Å²) in [5.74, 6) is 1.82. The molecular formula is C17H14N4O2. The van der Waals surface area contributed by atoms with Gasteiger partial charge in [-0.15, -0.1) is 0 Å². The van der Waals surface area contributed by atoms with Crippen LogP contribution in [0.5, 0.6) is 0 Å². The quantitative estimate of drug-likeness (QED) is 0.607. The summed E-state index contributed by atoms with van der Waals surface area (Å²) in [6.07, 6.45) is 5.33. The molecule has 2 N–H and O–H groups in total. The van der Waals surface area contributed by atoms with Crippen molar-refractivity contribution in [3.8, 4) is 28.5 Å². The Morgan fingerprint density at radius 1 is 1.13 bits per heavy atom. The van der Waals surface area contributed by atoms with Gasteiger partial charge in [-0.25, -0.2) is 4.98 Å². The summed E-state index contributed by atoms with van der Waals surface area (Å²) in [5, 5.41) is 16.1. The van der Waals surface area contributed by atoms with E-state index in [9.17, 15) is 0 Å². The molecule has 0 unspecified atom stereocenters. The number of aliphatic hydroxyl groups excluding tert-OH is 1. The largest absolute Gasteiger partial charge is 0.455 e. The van der Waals surface area contributed by atoms with Crippen LogP contribution in [-0.2, 0) is 6.61 Å². The van der Waals surface area contributed by atoms with Crippen LogP contribution in [0.25, 0.3) is 28.5 Å². The molecule has 23 heavy (non-hydrogen) atoms. The maximum Gasteiger partial charge on any atom is 0.180 e. The standard InChI is InChI=1S/C17H14N4O2/c22-11-14-4-5-16(23-14)17-18-8-9-21(17)13-3-1-2-12(10-13)15-6-7-19-20-15/h1-10,22H,11H2,(H,19,20). The number of aromatic nitrogens is 4. The molecule has 6 heteroatoms. The number of rotatable bonds is 4. The molecule has 1 aromatic carbocycles. The SMILES string of the molecule is OCc1ccc(-c2nccn2-c2cccc(-c3ccn[nH]3)c2)o1. The molecule has 4 rings (SSSR count). The van der Waals surface area contributed by atoms with Crippen LogP contribution in [0, 0.1) is 0 Å². The van der Waals surface area contributed by atoms with Crippen molar-refractivity contribution < 1.29 is 9.52 Å². The molecule has 0 aliphatic rings. The highest BCUT2D eigenvalue weighted by Crippen LogP contribution is 2.26. The lowest BCUT2D eigenvalue weighted by Gasteiger charge is -2.08. The lowest BCUT2D eigenvalue weighted by atomic mass is 10.1. The maximum atomic E-state index is 9.15. The Hall–Kier alpha value is -3.12. The molecule has 0 radical (unpaired) electrons. The first-order valence-electron chi connectivity index (χ1n) is 7.18. The summed E-state index contributed by atoms with van der Waals surface area (Å²) in [5.41, 5.74) is 2.95. The zero-order valence-corrected chi connectivity index (χ0v) is 12.2. The Morgan fingerprint density at radius 2 is 2.09 bits per heavy atom. The second-order valence-corrected chi connectivity index (χ2v) is 5.07. The number of benzene rings is 1. The minimum Gasteiger partial charge on any atom is -0.455 e. The first-order valence-corrected chi connectivity index (χ1v) is 7.18. The van der Waals surface area contributed by atoms with E-state index in [2.05, 4.69) is 21.2 Å². The third-order valence-electron chi connectivity index (χ3n) is 3.61. The number of aliphatic hydroxyl groups is 1. The van der Waals surface area contributed by atoms with Crippen molar-refractivity contribution in [2.24, 2.45) is 0 Å². The number of hydrogen-bond donors (Lipinski definition) is 2. The fourth-order valence-corrected chi connectivity index (χ4v) is 2.52. The number of imidazole rings is 1. The summed E-state index contributed by atoms with van der Waals surface area (Å²) in [6, 6.07) is 13.5. The van der Waals surface area contributed by atoms with Crippen LogP contribution in [0.2, 0.25) is 0 Å². The molecule has 0 aliphatic carbocycles. The van der Waals surface area contributed by atoms with Crippen molar-refractivity contribution in [2.45, 2.75) is 6.61 Å². The van der Waals surface area contributed by atoms with Gasteiger partial charge in [0.05, 0.1) is 5.69 Å². The Bertz CT molecular complexity index is 922. The Balaban J connectivity index is 1.77. The smallest absolute Gasteiger partial charge is 0.180 e. The molecule has 3 heterocycles. The molecule has 0 bridgehead atoms. The number of nitrogens with one attached hydrogen (secondary N) is 1. The van der Waals surface area contributed by atoms with Crippen LogP contribution in [0.15, 0.2) is 65.5 Å². The predicted octanol–water partition coefficient (Wildman–Crippen LogP) is 3.01. The van der Waals surface area contributed by atoms with E-state index in [4.69, 9.17) is 9.52 Å². The maximum absolute atomic E-state index is 9.15. The van der Waals surface area contributed by atoms with Gasteiger partial charge < -0.3 is 9.52 Å². The van der Waals surface area contributed by atoms with E-state index in [1.807, 2.05) is 41.1 Å². The molecule has 3 aromatic heterocycles. The molecule has 114 valence electrons. The molecule has 0 saturated heterocycles. The molecule has 0 saturated carbocycles. The van der Waals surface area contributed by atoms with Crippen LogP contribution in [0.1, 0.15) is 5.76 Å². The monoisotopic (exact) mass is 306 g/mol. The van der Waals surface area contributed by atoms with E-state index >= 15 is 0 Å². The average Bonchev–Trinajstić information content (AvgIpc) is 3.34. The zero-order chi connectivity index (χ0) is 15.6. The van der Waals surface area contributed by atoms with Gasteiger partial charge in [0, 0.05) is 29.8 Å². The van der Waals surface area contributed by atoms with Crippen molar-refractivity contribution in [2.75, 3.05) is 0 Å². The average molecular weight is 306 g/mol. The molecule has 0 aliphatic heterocycles. The van der Waals surface area contributed by atoms with Crippen molar-refractivity contribution in [1.82, 2.24) is 19.7 Å². The minimum absolute atomic E-state index is 0.129. The van der Waals surface area contributed by atoms with Gasteiger partial charge in [0.15, 0.2) is 11.6 Å². The minimum atomic E-state index is -0.129. The van der Waals surface area contributed by atoms with Gasteiger partial charge in [-0.2, -0.15) is 5.10 Å². The molecular weight excluding hydrogens is 292 g/mol. The fourth-order valence-electron chi connectivity index (χ4n) is 2.52. The van der Waals surface area contributed by atoms with Crippen LogP contribution >= 0.6 is 0 Å². The number of nitrogens with zero attached hydrogens (tertiary/aromatic N) is 3. The number of H-pyrrole nitrogens is 1. The van der Waals surface area contributed by atoms with Crippen LogP contribution in [0.4, 0.5) is 0 Å². The van der Waals surface area contributed by atoms with Crippen LogP contribution in [-0.4, -0.2) is 24.9 Å². The topological polar surface area (TPSA) is 79.9 Å². The van der Waals surface area contributed by atoms with Crippen molar-refractivity contribution >= 4 is 0 Å². The Labute approximate surface area is 132 Å². The molecule has 0 atom stereocenters. The molecule has 6 nitrogen and oxygen atoms in total. The van der Waals surface area contributed by atoms with E-state index in [1.54, 1.807) is 18.5 Å². The number of aromatic amines is 1. The molecule has 4 aromatic rings. The van der Waals surface area contributed by atoms with Gasteiger partial charge in [-0.3, -0.25) is 9.67 Å². The van der Waals surface area contributed by atoms with Crippen LogP contribution < -0.4 is 0 Å². The van der Waals surface area contributed by atoms with E-state index in [0.717, 1.165) is 16.9 Å². The number of hydrogen-bond acceptors (Lipinski definition) is 4. The van der Waals surface area contributed by atoms with Gasteiger partial charge in [0.25, 0.3) is 0 Å². The summed E-state index contributed by atoms with van der Waals surface area (Å²) in [4.78, 5) is 4.37. The summed E-state index contributed by atoms with van der Waals surface area (Å²) >= 11 is 0. The predicted molar refractivity (Wildman–Crippen MR) is 84.8 cm³/mol. The molecule has 0 amide bonds. The highest BCUT2D eigenvalue weighted by atomic mass is 16.4. The van der Waals surface area contributed by atoms with Gasteiger partial charge in [0.1, 0.15) is 12.4 Å². The lowest BCUT2D eigenvalue weighted by Crippen LogP contribution is -1.96. The van der Waals surface area contributed by atoms with E-state index in [0.29, 0.717) is 17.3 Å². The second kappa shape index (κ2) is 5.58. The van der Waals surface area contributed by atoms with Gasteiger partial charge in [-0.05, 0) is 30.3 Å². The second-order valence-electron chi connectivity index (χ2n) is 5.07. The van der Waals surface area contributed by atoms with Gasteiger partial charge in [-0.1, -0.05) is 12.1 Å². The highest BCUT2D eigenvalue weighted by molar-refractivity contribution is 5.63. The van der Waals surface area contributed by atoms with E-state index < -0.39 is 0 Å². The van der Waals surface area contributed by atoms with Crippen molar-refractivity contribution in [1.29, 1.82) is 0 Å². The zero-order valence-electron chi connectivity index (χ0n) is 12.2. The fraction of sp³-hybridized carbons (Fsp3) is 0.0588. The Kier molecular flexibility index (Phi) is 3.29. The summed E-state index contributed by atoms with van der Waals surface area (Å²) < 4.78 is 7.54. The molecule has 0 fully saturated rings. The van der Waals surface area contributed by atoms with Gasteiger partial charge in [0.2, 0.25) is 0 Å². The Morgan fingerprint density at radius 3 is 2.87 bits per heavy atom. The third-order valence-corrected chi connectivity index (χ3v) is 3.61. The number of furan rings is 1. The van der Waals surface area contributed by atoms with E-state index in [-0.39, 0.29) is 6.61 Å². The normalized spacial score (nSPS) is 11.0.